The van der Waals surface area contributed by atoms with Gasteiger partial charge in [0.05, 0.1) is 21.7 Å². The van der Waals surface area contributed by atoms with Gasteiger partial charge in [0.1, 0.15) is 5.82 Å². The number of anilines is 1. The van der Waals surface area contributed by atoms with Gasteiger partial charge in [-0.05, 0) is 30.3 Å². The summed E-state index contributed by atoms with van der Waals surface area (Å²) in [4.78, 5) is 26.3. The van der Waals surface area contributed by atoms with Crippen molar-refractivity contribution in [2.24, 2.45) is 7.05 Å². The zero-order chi connectivity index (χ0) is 20.5. The molecule has 0 saturated heterocycles. The van der Waals surface area contributed by atoms with E-state index < -0.39 is 5.91 Å². The molecule has 0 radical (unpaired) electrons. The predicted octanol–water partition coefficient (Wildman–Crippen LogP) is 5.76. The molecule has 4 rings (SSSR count). The molecule has 0 bridgehead atoms. The van der Waals surface area contributed by atoms with Crippen molar-refractivity contribution in [3.8, 4) is 11.1 Å². The third-order valence-electron chi connectivity index (χ3n) is 4.80. The number of aromatic nitrogens is 1. The number of amides is 1. The van der Waals surface area contributed by atoms with E-state index in [2.05, 4.69) is 5.32 Å². The molecule has 0 aliphatic carbocycles. The van der Waals surface area contributed by atoms with Crippen LogP contribution in [0.25, 0.3) is 22.0 Å². The SMILES string of the molecule is Cn1c(NC(=O)c2ccccc2Cl)c(-c2ccccc2Cl)c(=O)c2ccccc21. The van der Waals surface area contributed by atoms with Crippen LogP contribution in [-0.2, 0) is 7.05 Å². The molecule has 0 fully saturated rings. The summed E-state index contributed by atoms with van der Waals surface area (Å²) in [6.07, 6.45) is 0. The van der Waals surface area contributed by atoms with Crippen molar-refractivity contribution in [2.75, 3.05) is 5.32 Å². The van der Waals surface area contributed by atoms with Crippen molar-refractivity contribution in [1.29, 1.82) is 0 Å². The van der Waals surface area contributed by atoms with Crippen molar-refractivity contribution >= 4 is 45.8 Å². The number of benzene rings is 3. The zero-order valence-corrected chi connectivity index (χ0v) is 17.0. The number of nitrogens with zero attached hydrogens (tertiary/aromatic N) is 1. The molecule has 0 aliphatic rings. The molecule has 4 nitrogen and oxygen atoms in total. The summed E-state index contributed by atoms with van der Waals surface area (Å²) in [6, 6.07) is 21.1. The highest BCUT2D eigenvalue weighted by molar-refractivity contribution is 6.35. The summed E-state index contributed by atoms with van der Waals surface area (Å²) in [5.74, 6) is -0.0547. The monoisotopic (exact) mass is 422 g/mol. The highest BCUT2D eigenvalue weighted by Crippen LogP contribution is 2.33. The van der Waals surface area contributed by atoms with Crippen LogP contribution < -0.4 is 10.7 Å². The minimum Gasteiger partial charge on any atom is -0.330 e. The summed E-state index contributed by atoms with van der Waals surface area (Å²) in [5.41, 5.74) is 1.69. The molecular formula is C23H16Cl2N2O2. The topological polar surface area (TPSA) is 51.1 Å². The second-order valence-electron chi connectivity index (χ2n) is 6.54. The number of pyridine rings is 1. The van der Waals surface area contributed by atoms with Crippen molar-refractivity contribution in [3.05, 3.63) is 98.6 Å². The van der Waals surface area contributed by atoms with Crippen LogP contribution in [0, 0.1) is 0 Å². The smallest absolute Gasteiger partial charge is 0.258 e. The van der Waals surface area contributed by atoms with E-state index in [4.69, 9.17) is 23.2 Å². The molecule has 0 spiro atoms. The molecule has 6 heteroatoms. The highest BCUT2D eigenvalue weighted by atomic mass is 35.5. The molecule has 4 aromatic rings. The van der Waals surface area contributed by atoms with Gasteiger partial charge in [-0.15, -0.1) is 0 Å². The van der Waals surface area contributed by atoms with Gasteiger partial charge >= 0.3 is 0 Å². The number of nitrogens with one attached hydrogen (secondary N) is 1. The van der Waals surface area contributed by atoms with Crippen LogP contribution in [0.1, 0.15) is 10.4 Å². The van der Waals surface area contributed by atoms with E-state index in [1.54, 1.807) is 66.2 Å². The van der Waals surface area contributed by atoms with Gasteiger partial charge in [0.25, 0.3) is 5.91 Å². The Kier molecular flexibility index (Phi) is 5.14. The third kappa shape index (κ3) is 3.41. The molecule has 0 unspecified atom stereocenters. The Bertz CT molecular complexity index is 1310. The number of fused-ring (bicyclic) bond motifs is 1. The molecule has 1 amide bonds. The molecule has 144 valence electrons. The van der Waals surface area contributed by atoms with Crippen molar-refractivity contribution in [2.45, 2.75) is 0 Å². The van der Waals surface area contributed by atoms with Crippen molar-refractivity contribution in [3.63, 3.8) is 0 Å². The predicted molar refractivity (Wildman–Crippen MR) is 119 cm³/mol. The molecule has 29 heavy (non-hydrogen) atoms. The van der Waals surface area contributed by atoms with Crippen LogP contribution in [0.4, 0.5) is 5.82 Å². The van der Waals surface area contributed by atoms with Gasteiger partial charge in [-0.3, -0.25) is 9.59 Å². The highest BCUT2D eigenvalue weighted by Gasteiger charge is 2.21. The molecule has 1 N–H and O–H groups in total. The fourth-order valence-corrected chi connectivity index (χ4v) is 3.82. The third-order valence-corrected chi connectivity index (χ3v) is 5.46. The van der Waals surface area contributed by atoms with Crippen molar-refractivity contribution in [1.82, 2.24) is 4.57 Å². The van der Waals surface area contributed by atoms with Crippen LogP contribution in [-0.4, -0.2) is 10.5 Å². The minimum atomic E-state index is -0.408. The molecule has 0 saturated carbocycles. The Morgan fingerprint density at radius 1 is 0.862 bits per heavy atom. The van der Waals surface area contributed by atoms with E-state index in [0.29, 0.717) is 43.5 Å². The summed E-state index contributed by atoms with van der Waals surface area (Å²) in [5, 5.41) is 4.17. The van der Waals surface area contributed by atoms with Gasteiger partial charge < -0.3 is 9.88 Å². The first-order chi connectivity index (χ1) is 14.0. The molecule has 3 aromatic carbocycles. The normalized spacial score (nSPS) is 10.9. The van der Waals surface area contributed by atoms with Crippen LogP contribution in [0.2, 0.25) is 10.0 Å². The van der Waals surface area contributed by atoms with Gasteiger partial charge in [-0.2, -0.15) is 0 Å². The number of aryl methyl sites for hydroxylation is 1. The number of hydrogen-bond donors (Lipinski definition) is 1. The van der Waals surface area contributed by atoms with Gasteiger partial charge in [-0.25, -0.2) is 0 Å². The quantitative estimate of drug-likeness (QED) is 0.455. The average Bonchev–Trinajstić information content (AvgIpc) is 2.73. The van der Waals surface area contributed by atoms with Crippen molar-refractivity contribution < 1.29 is 4.79 Å². The van der Waals surface area contributed by atoms with Crippen LogP contribution in [0.3, 0.4) is 0 Å². The molecule has 1 aromatic heterocycles. The summed E-state index contributed by atoms with van der Waals surface area (Å²) >= 11 is 12.6. The number of rotatable bonds is 3. The standard InChI is InChI=1S/C23H16Cl2N2O2/c1-27-19-13-7-4-10-16(19)21(28)20(14-8-2-5-11-17(14)24)22(27)26-23(29)15-9-3-6-12-18(15)25/h2-13H,1H3,(H,26,29). The number of para-hydroxylation sites is 1. The minimum absolute atomic E-state index is 0.207. The van der Waals surface area contributed by atoms with Crippen LogP contribution in [0.15, 0.2) is 77.6 Å². The number of halogens is 2. The average molecular weight is 423 g/mol. The largest absolute Gasteiger partial charge is 0.330 e. The first-order valence-corrected chi connectivity index (χ1v) is 9.67. The maximum Gasteiger partial charge on any atom is 0.258 e. The fourth-order valence-electron chi connectivity index (χ4n) is 3.37. The lowest BCUT2D eigenvalue weighted by atomic mass is 10.0. The second-order valence-corrected chi connectivity index (χ2v) is 7.36. The Morgan fingerprint density at radius 3 is 2.21 bits per heavy atom. The maximum absolute atomic E-state index is 13.4. The number of carbonyl (C=O) groups excluding carboxylic acids is 1. The Hall–Kier alpha value is -3.08. The number of hydrogen-bond acceptors (Lipinski definition) is 2. The van der Waals surface area contributed by atoms with E-state index in [-0.39, 0.29) is 5.43 Å². The van der Waals surface area contributed by atoms with Gasteiger partial charge in [0.15, 0.2) is 5.43 Å². The first kappa shape index (κ1) is 19.2. The lowest BCUT2D eigenvalue weighted by Crippen LogP contribution is -2.21. The summed E-state index contributed by atoms with van der Waals surface area (Å²) in [7, 11) is 1.80. The Balaban J connectivity index is 2.00. The van der Waals surface area contributed by atoms with E-state index >= 15 is 0 Å². The first-order valence-electron chi connectivity index (χ1n) is 8.91. The molecular weight excluding hydrogens is 407 g/mol. The van der Waals surface area contributed by atoms with E-state index in [9.17, 15) is 9.59 Å². The Labute approximate surface area is 177 Å². The zero-order valence-electron chi connectivity index (χ0n) is 15.4. The lowest BCUT2D eigenvalue weighted by molar-refractivity contribution is 0.102. The van der Waals surface area contributed by atoms with E-state index in [1.165, 1.54) is 0 Å². The van der Waals surface area contributed by atoms with E-state index in [0.717, 1.165) is 0 Å². The Morgan fingerprint density at radius 2 is 1.48 bits per heavy atom. The second kappa shape index (κ2) is 7.74. The fraction of sp³-hybridized carbons (Fsp3) is 0.0435. The van der Waals surface area contributed by atoms with Crippen LogP contribution >= 0.6 is 23.2 Å². The van der Waals surface area contributed by atoms with Crippen LogP contribution in [0.5, 0.6) is 0 Å². The molecule has 0 aliphatic heterocycles. The number of carbonyl (C=O) groups is 1. The summed E-state index contributed by atoms with van der Waals surface area (Å²) < 4.78 is 1.78. The maximum atomic E-state index is 13.4. The lowest BCUT2D eigenvalue weighted by Gasteiger charge is -2.19. The summed E-state index contributed by atoms with van der Waals surface area (Å²) in [6.45, 7) is 0. The van der Waals surface area contributed by atoms with Gasteiger partial charge in [0, 0.05) is 23.0 Å². The molecule has 1 heterocycles. The van der Waals surface area contributed by atoms with E-state index in [1.807, 2.05) is 18.2 Å². The molecule has 0 atom stereocenters. The van der Waals surface area contributed by atoms with Gasteiger partial charge in [0.2, 0.25) is 0 Å². The van der Waals surface area contributed by atoms with Gasteiger partial charge in [-0.1, -0.05) is 65.7 Å².